The van der Waals surface area contributed by atoms with Gasteiger partial charge in [0.2, 0.25) is 5.91 Å². The number of carbonyl (C=O) groups is 1. The van der Waals surface area contributed by atoms with Crippen molar-refractivity contribution in [1.29, 1.82) is 0 Å². The molecular weight excluding hydrogens is 996 g/mol. The first kappa shape index (κ1) is 77.7. The number of allylic oxidation sites excluding steroid dienone is 5. The molecule has 0 saturated heterocycles. The summed E-state index contributed by atoms with van der Waals surface area (Å²) < 4.78 is 23.7. The van der Waals surface area contributed by atoms with Crippen LogP contribution in [0.25, 0.3) is 0 Å². The standard InChI is InChI=1S/C70H137N2O6P/c1-6-8-10-12-14-16-18-20-22-24-26-27-28-29-30-31-32-33-34-35-36-37-38-39-40-41-42-43-44-46-48-50-52-54-56-58-60-62-64-70(74)71-68(67-78-79(75,76)77-66-65-72(3,4)5)69(73)63-61-59-57-55-53-51-49-47-45-25-23-21-19-17-15-13-11-9-7-2/h45,47,53,55,61,63,68-69,73H,6-44,46,48-52,54,56-60,62,64-67H2,1-5H3,(H-,71,74,75,76)/p+1/b47-45+,55-53+,63-61+. The number of hydrogen-bond donors (Lipinski definition) is 3. The molecule has 3 unspecified atom stereocenters. The number of phosphoric ester groups is 1. The molecule has 0 aliphatic carbocycles. The fraction of sp³-hybridized carbons (Fsp3) is 0.900. The Morgan fingerprint density at radius 3 is 1.01 bits per heavy atom. The van der Waals surface area contributed by atoms with E-state index in [9.17, 15) is 19.4 Å². The number of nitrogens with one attached hydrogen (secondary N) is 1. The van der Waals surface area contributed by atoms with E-state index in [4.69, 9.17) is 9.05 Å². The lowest BCUT2D eigenvalue weighted by Gasteiger charge is -2.25. The third kappa shape index (κ3) is 64.1. The number of unbranched alkanes of at least 4 members (excludes halogenated alkanes) is 48. The second-order valence-corrected chi connectivity index (χ2v) is 26.7. The number of hydrogen-bond acceptors (Lipinski definition) is 5. The Labute approximate surface area is 493 Å². The minimum atomic E-state index is -4.36. The summed E-state index contributed by atoms with van der Waals surface area (Å²) >= 11 is 0. The molecule has 3 atom stereocenters. The highest BCUT2D eigenvalue weighted by molar-refractivity contribution is 7.47. The van der Waals surface area contributed by atoms with E-state index in [1.54, 1.807) is 6.08 Å². The van der Waals surface area contributed by atoms with Crippen molar-refractivity contribution in [2.24, 2.45) is 0 Å². The summed E-state index contributed by atoms with van der Waals surface area (Å²) in [6, 6.07) is -0.869. The Morgan fingerprint density at radius 1 is 0.418 bits per heavy atom. The number of aliphatic hydroxyl groups is 1. The van der Waals surface area contributed by atoms with Crippen molar-refractivity contribution in [1.82, 2.24) is 5.32 Å². The molecule has 0 aromatic heterocycles. The highest BCUT2D eigenvalue weighted by atomic mass is 31.2. The molecule has 0 aromatic carbocycles. The van der Waals surface area contributed by atoms with E-state index in [0.29, 0.717) is 17.4 Å². The topological polar surface area (TPSA) is 105 Å². The molecule has 0 aliphatic heterocycles. The average molecular weight is 1130 g/mol. The summed E-state index contributed by atoms with van der Waals surface area (Å²) in [6.07, 6.45) is 81.7. The maximum Gasteiger partial charge on any atom is 0.472 e. The van der Waals surface area contributed by atoms with Crippen LogP contribution in [-0.2, 0) is 18.4 Å². The van der Waals surface area contributed by atoms with Crippen LogP contribution in [0.3, 0.4) is 0 Å². The van der Waals surface area contributed by atoms with Gasteiger partial charge in [0, 0.05) is 6.42 Å². The number of rotatable bonds is 65. The Morgan fingerprint density at radius 2 is 0.696 bits per heavy atom. The summed E-state index contributed by atoms with van der Waals surface area (Å²) in [5.74, 6) is -0.184. The molecule has 3 N–H and O–H groups in total. The molecule has 468 valence electrons. The van der Waals surface area contributed by atoms with Crippen molar-refractivity contribution in [3.63, 3.8) is 0 Å². The van der Waals surface area contributed by atoms with Gasteiger partial charge in [-0.25, -0.2) is 4.57 Å². The Bertz CT molecular complexity index is 1380. The monoisotopic (exact) mass is 1130 g/mol. The largest absolute Gasteiger partial charge is 0.472 e. The molecule has 1 amide bonds. The Balaban J connectivity index is 3.95. The number of carbonyl (C=O) groups excluding carboxylic acids is 1. The lowest BCUT2D eigenvalue weighted by atomic mass is 10.0. The average Bonchev–Trinajstić information content (AvgIpc) is 3.42. The summed E-state index contributed by atoms with van der Waals surface area (Å²) in [7, 11) is 1.56. The van der Waals surface area contributed by atoms with Crippen molar-refractivity contribution in [2.75, 3.05) is 40.9 Å². The molecule has 0 aromatic rings. The number of amides is 1. The minimum Gasteiger partial charge on any atom is -0.387 e. The van der Waals surface area contributed by atoms with Crippen LogP contribution in [-0.4, -0.2) is 73.4 Å². The number of aliphatic hydroxyl groups excluding tert-OH is 1. The van der Waals surface area contributed by atoms with E-state index < -0.39 is 20.0 Å². The van der Waals surface area contributed by atoms with Crippen LogP contribution < -0.4 is 5.32 Å². The smallest absolute Gasteiger partial charge is 0.387 e. The van der Waals surface area contributed by atoms with Crippen LogP contribution >= 0.6 is 7.82 Å². The summed E-state index contributed by atoms with van der Waals surface area (Å²) in [5.41, 5.74) is 0. The molecule has 0 fully saturated rings. The normalized spacial score (nSPS) is 13.9. The van der Waals surface area contributed by atoms with E-state index in [-0.39, 0.29) is 19.1 Å². The van der Waals surface area contributed by atoms with Gasteiger partial charge in [0.05, 0.1) is 39.9 Å². The summed E-state index contributed by atoms with van der Waals surface area (Å²) in [6.45, 7) is 4.83. The van der Waals surface area contributed by atoms with Crippen molar-refractivity contribution in [3.8, 4) is 0 Å². The van der Waals surface area contributed by atoms with E-state index in [1.807, 2.05) is 27.2 Å². The van der Waals surface area contributed by atoms with Crippen LogP contribution in [0.5, 0.6) is 0 Å². The number of likely N-dealkylation sites (N-methyl/N-ethyl adjacent to an activating group) is 1. The third-order valence-electron chi connectivity index (χ3n) is 16.1. The van der Waals surface area contributed by atoms with Crippen molar-refractivity contribution >= 4 is 13.7 Å². The molecule has 79 heavy (non-hydrogen) atoms. The molecule has 8 nitrogen and oxygen atoms in total. The van der Waals surface area contributed by atoms with Crippen LogP contribution in [0.1, 0.15) is 354 Å². The predicted molar refractivity (Wildman–Crippen MR) is 346 cm³/mol. The van der Waals surface area contributed by atoms with Crippen molar-refractivity contribution in [3.05, 3.63) is 36.5 Å². The first-order valence-electron chi connectivity index (χ1n) is 34.9. The second kappa shape index (κ2) is 61.3. The first-order valence-corrected chi connectivity index (χ1v) is 36.4. The fourth-order valence-corrected chi connectivity index (χ4v) is 11.4. The molecule has 0 radical (unpaired) electrons. The van der Waals surface area contributed by atoms with Gasteiger partial charge in [0.25, 0.3) is 0 Å². The highest BCUT2D eigenvalue weighted by Gasteiger charge is 2.28. The Hall–Kier alpha value is -1.28. The van der Waals surface area contributed by atoms with Crippen molar-refractivity contribution in [2.45, 2.75) is 366 Å². The zero-order valence-corrected chi connectivity index (χ0v) is 54.5. The quantitative estimate of drug-likeness (QED) is 0.0243. The minimum absolute atomic E-state index is 0.0553. The van der Waals surface area contributed by atoms with Crippen LogP contribution in [0, 0.1) is 0 Å². The van der Waals surface area contributed by atoms with Gasteiger partial charge >= 0.3 is 7.82 Å². The molecular formula is C70H138N2O6P+. The molecule has 0 bridgehead atoms. The molecule has 0 rings (SSSR count). The van der Waals surface area contributed by atoms with Gasteiger partial charge in [-0.2, -0.15) is 0 Å². The molecule has 0 spiro atoms. The van der Waals surface area contributed by atoms with Crippen LogP contribution in [0.4, 0.5) is 0 Å². The zero-order valence-electron chi connectivity index (χ0n) is 53.6. The molecule has 0 saturated carbocycles. The molecule has 9 heteroatoms. The number of nitrogens with zero attached hydrogens (tertiary/aromatic N) is 1. The van der Waals surface area contributed by atoms with Gasteiger partial charge < -0.3 is 19.8 Å². The lowest BCUT2D eigenvalue weighted by molar-refractivity contribution is -0.870. The SMILES string of the molecule is CCCCCCCCCCC/C=C/CC/C=C/CC/C=C/C(O)C(COP(=O)(O)OCC[N+](C)(C)C)NC(=O)CCCCCCCCCCCCCCCCCCCCCCCCCCCCCCCCCCCCCCCC. The van der Waals surface area contributed by atoms with Gasteiger partial charge in [0.15, 0.2) is 0 Å². The van der Waals surface area contributed by atoms with E-state index in [0.717, 1.165) is 44.9 Å². The number of quaternary nitrogens is 1. The lowest BCUT2D eigenvalue weighted by Crippen LogP contribution is -2.45. The van der Waals surface area contributed by atoms with Gasteiger partial charge in [-0.1, -0.05) is 339 Å². The predicted octanol–water partition coefficient (Wildman–Crippen LogP) is 22.1. The zero-order chi connectivity index (χ0) is 57.7. The molecule has 0 aliphatic rings. The highest BCUT2D eigenvalue weighted by Crippen LogP contribution is 2.43. The van der Waals surface area contributed by atoms with E-state index in [1.165, 1.54) is 289 Å². The summed E-state index contributed by atoms with van der Waals surface area (Å²) in [5, 5.41) is 13.9. The van der Waals surface area contributed by atoms with E-state index >= 15 is 0 Å². The Kier molecular flexibility index (Phi) is 60.3. The molecule has 0 heterocycles. The van der Waals surface area contributed by atoms with Gasteiger partial charge in [-0.3, -0.25) is 13.8 Å². The van der Waals surface area contributed by atoms with Gasteiger partial charge in [-0.05, 0) is 44.9 Å². The van der Waals surface area contributed by atoms with Crippen LogP contribution in [0.15, 0.2) is 36.5 Å². The second-order valence-electron chi connectivity index (χ2n) is 25.3. The maximum absolute atomic E-state index is 13.0. The van der Waals surface area contributed by atoms with Gasteiger partial charge in [-0.15, -0.1) is 0 Å². The maximum atomic E-state index is 13.0. The fourth-order valence-electron chi connectivity index (χ4n) is 10.7. The van der Waals surface area contributed by atoms with Gasteiger partial charge in [0.1, 0.15) is 13.2 Å². The van der Waals surface area contributed by atoms with Crippen LogP contribution in [0.2, 0.25) is 0 Å². The third-order valence-corrected chi connectivity index (χ3v) is 17.1. The van der Waals surface area contributed by atoms with E-state index in [2.05, 4.69) is 43.5 Å². The number of phosphoric acid groups is 1. The van der Waals surface area contributed by atoms with Crippen molar-refractivity contribution < 1.29 is 32.9 Å². The first-order chi connectivity index (χ1) is 38.5. The summed E-state index contributed by atoms with van der Waals surface area (Å²) in [4.78, 5) is 23.4.